The first-order valence-corrected chi connectivity index (χ1v) is 11.6. The van der Waals surface area contributed by atoms with Gasteiger partial charge in [-0.05, 0) is 17.7 Å². The molecule has 1 aliphatic rings. The fourth-order valence-electron chi connectivity index (χ4n) is 3.41. The predicted molar refractivity (Wildman–Crippen MR) is 117 cm³/mol. The molecule has 1 fully saturated rings. The molecule has 4 rings (SSSR count). The van der Waals surface area contributed by atoms with E-state index in [9.17, 15) is 8.42 Å². The largest absolute Gasteiger partial charge is 0.378 e. The van der Waals surface area contributed by atoms with Crippen LogP contribution in [0.25, 0.3) is 11.4 Å². The number of benzene rings is 2. The molecular formula is C23H22N4O3S. The van der Waals surface area contributed by atoms with Crippen molar-refractivity contribution in [2.24, 2.45) is 0 Å². The summed E-state index contributed by atoms with van der Waals surface area (Å²) in [6, 6.07) is 19.7. The van der Waals surface area contributed by atoms with E-state index in [1.165, 1.54) is 0 Å². The molecule has 0 radical (unpaired) electrons. The first kappa shape index (κ1) is 21.0. The van der Waals surface area contributed by atoms with Gasteiger partial charge in [-0.15, -0.1) is 0 Å². The lowest BCUT2D eigenvalue weighted by molar-refractivity contribution is 0.122. The lowest BCUT2D eigenvalue weighted by Crippen LogP contribution is -2.37. The molecule has 0 bridgehead atoms. The lowest BCUT2D eigenvalue weighted by atomic mass is 10.1. The summed E-state index contributed by atoms with van der Waals surface area (Å²) in [4.78, 5) is 11.6. The third kappa shape index (κ3) is 5.08. The zero-order chi connectivity index (χ0) is 21.7. The fraction of sp³-hybridized carbons (Fsp3) is 0.261. The van der Waals surface area contributed by atoms with Crippen LogP contribution < -0.4 is 4.90 Å². The monoisotopic (exact) mass is 434 g/mol. The lowest BCUT2D eigenvalue weighted by Gasteiger charge is -2.28. The molecule has 0 spiro atoms. The number of anilines is 1. The Hall–Kier alpha value is -3.28. The van der Waals surface area contributed by atoms with Crippen molar-refractivity contribution in [2.45, 2.75) is 17.1 Å². The summed E-state index contributed by atoms with van der Waals surface area (Å²) in [6.45, 7) is 2.56. The molecule has 1 saturated heterocycles. The third-order valence-electron chi connectivity index (χ3n) is 5.04. The maximum atomic E-state index is 12.9. The Labute approximate surface area is 181 Å². The van der Waals surface area contributed by atoms with E-state index in [0.29, 0.717) is 50.1 Å². The minimum absolute atomic E-state index is 0.212. The number of nitriles is 1. The van der Waals surface area contributed by atoms with Crippen molar-refractivity contribution >= 4 is 15.7 Å². The van der Waals surface area contributed by atoms with Crippen LogP contribution in [0.1, 0.15) is 11.3 Å². The second-order valence-electron chi connectivity index (χ2n) is 7.24. The second kappa shape index (κ2) is 9.25. The highest BCUT2D eigenvalue weighted by Gasteiger charge is 2.20. The normalized spacial score (nSPS) is 14.2. The highest BCUT2D eigenvalue weighted by atomic mass is 32.2. The third-order valence-corrected chi connectivity index (χ3v) is 6.70. The summed E-state index contributed by atoms with van der Waals surface area (Å²) in [7, 11) is -3.54. The number of hydrogen-bond donors (Lipinski definition) is 0. The van der Waals surface area contributed by atoms with Crippen molar-refractivity contribution in [1.29, 1.82) is 5.26 Å². The first-order chi connectivity index (χ1) is 15.0. The molecule has 31 heavy (non-hydrogen) atoms. The van der Waals surface area contributed by atoms with Crippen molar-refractivity contribution in [1.82, 2.24) is 9.97 Å². The number of morpholine rings is 1. The van der Waals surface area contributed by atoms with Gasteiger partial charge in [0.25, 0.3) is 0 Å². The SMILES string of the molecule is N#CCc1ccc(-c2nc(CS(=O)(=O)c3ccccc3)cc(N3CCOCC3)n2)cc1. The van der Waals surface area contributed by atoms with Gasteiger partial charge >= 0.3 is 0 Å². The number of sulfone groups is 1. The molecule has 0 atom stereocenters. The van der Waals surface area contributed by atoms with Crippen molar-refractivity contribution in [3.63, 3.8) is 0 Å². The van der Waals surface area contributed by atoms with Crippen LogP contribution in [-0.2, 0) is 26.7 Å². The van der Waals surface area contributed by atoms with Crippen LogP contribution in [0.15, 0.2) is 65.6 Å². The molecule has 2 aromatic carbocycles. The second-order valence-corrected chi connectivity index (χ2v) is 9.23. The quantitative estimate of drug-likeness (QED) is 0.588. The van der Waals surface area contributed by atoms with Gasteiger partial charge in [0.2, 0.25) is 0 Å². The number of hydrogen-bond acceptors (Lipinski definition) is 7. The molecular weight excluding hydrogens is 412 g/mol. The Morgan fingerprint density at radius 1 is 1.00 bits per heavy atom. The number of ether oxygens (including phenoxy) is 1. The van der Waals surface area contributed by atoms with Crippen LogP contribution in [0.4, 0.5) is 5.82 Å². The van der Waals surface area contributed by atoms with Crippen LogP contribution in [0, 0.1) is 11.3 Å². The van der Waals surface area contributed by atoms with Gasteiger partial charge in [-0.3, -0.25) is 0 Å². The van der Waals surface area contributed by atoms with Gasteiger partial charge in [0, 0.05) is 24.7 Å². The van der Waals surface area contributed by atoms with Gasteiger partial charge in [0.05, 0.1) is 42.0 Å². The Balaban J connectivity index is 1.72. The zero-order valence-electron chi connectivity index (χ0n) is 16.9. The molecule has 1 aliphatic heterocycles. The van der Waals surface area contributed by atoms with Gasteiger partial charge in [-0.25, -0.2) is 18.4 Å². The highest BCUT2D eigenvalue weighted by molar-refractivity contribution is 7.90. The molecule has 0 unspecified atom stereocenters. The average Bonchev–Trinajstić information content (AvgIpc) is 2.80. The van der Waals surface area contributed by atoms with E-state index in [4.69, 9.17) is 15.0 Å². The molecule has 0 amide bonds. The molecule has 0 aliphatic carbocycles. The van der Waals surface area contributed by atoms with E-state index >= 15 is 0 Å². The summed E-state index contributed by atoms with van der Waals surface area (Å²) in [5, 5.41) is 8.88. The average molecular weight is 435 g/mol. The molecule has 1 aromatic heterocycles. The predicted octanol–water partition coefficient (Wildman–Crippen LogP) is 3.02. The number of nitrogens with zero attached hydrogens (tertiary/aromatic N) is 4. The maximum Gasteiger partial charge on any atom is 0.184 e. The Morgan fingerprint density at radius 3 is 2.39 bits per heavy atom. The van der Waals surface area contributed by atoms with E-state index in [0.717, 1.165) is 11.1 Å². The number of aromatic nitrogens is 2. The van der Waals surface area contributed by atoms with E-state index in [2.05, 4.69) is 16.0 Å². The van der Waals surface area contributed by atoms with Crippen LogP contribution in [-0.4, -0.2) is 44.7 Å². The van der Waals surface area contributed by atoms with Gasteiger partial charge < -0.3 is 9.64 Å². The standard InChI is InChI=1S/C23H22N4O3S/c24-11-10-18-6-8-19(9-7-18)23-25-20(16-22(26-23)27-12-14-30-15-13-27)17-31(28,29)21-4-2-1-3-5-21/h1-9,16H,10,12-15,17H2. The van der Waals surface area contributed by atoms with Crippen LogP contribution >= 0.6 is 0 Å². The Kier molecular flexibility index (Phi) is 6.26. The first-order valence-electron chi connectivity index (χ1n) is 10.00. The topological polar surface area (TPSA) is 96.2 Å². The Morgan fingerprint density at radius 2 is 1.71 bits per heavy atom. The fourth-order valence-corrected chi connectivity index (χ4v) is 4.69. The van der Waals surface area contributed by atoms with E-state index in [1.807, 2.05) is 24.3 Å². The number of rotatable bonds is 6. The molecule has 7 nitrogen and oxygen atoms in total. The molecule has 8 heteroatoms. The summed E-state index contributed by atoms with van der Waals surface area (Å²) in [6.07, 6.45) is 0.329. The van der Waals surface area contributed by atoms with E-state index in [-0.39, 0.29) is 10.6 Å². The molecule has 158 valence electrons. The van der Waals surface area contributed by atoms with Crippen molar-refractivity contribution in [3.8, 4) is 17.5 Å². The molecule has 0 N–H and O–H groups in total. The molecule has 0 saturated carbocycles. The van der Waals surface area contributed by atoms with Gasteiger partial charge in [-0.2, -0.15) is 5.26 Å². The van der Waals surface area contributed by atoms with Crippen LogP contribution in [0.5, 0.6) is 0 Å². The van der Waals surface area contributed by atoms with Gasteiger partial charge in [-0.1, -0.05) is 42.5 Å². The van der Waals surface area contributed by atoms with Crippen LogP contribution in [0.3, 0.4) is 0 Å². The van der Waals surface area contributed by atoms with Crippen molar-refractivity contribution in [2.75, 3.05) is 31.2 Å². The minimum Gasteiger partial charge on any atom is -0.378 e. The summed E-state index contributed by atoms with van der Waals surface area (Å²) in [5.74, 6) is 0.939. The highest BCUT2D eigenvalue weighted by Crippen LogP contribution is 2.24. The molecule has 3 aromatic rings. The maximum absolute atomic E-state index is 12.9. The Bertz CT molecular complexity index is 1180. The van der Waals surface area contributed by atoms with Gasteiger partial charge in [0.15, 0.2) is 15.7 Å². The smallest absolute Gasteiger partial charge is 0.184 e. The van der Waals surface area contributed by atoms with E-state index < -0.39 is 9.84 Å². The summed E-state index contributed by atoms with van der Waals surface area (Å²) >= 11 is 0. The van der Waals surface area contributed by atoms with Crippen molar-refractivity contribution < 1.29 is 13.2 Å². The van der Waals surface area contributed by atoms with Gasteiger partial charge in [0.1, 0.15) is 5.82 Å². The van der Waals surface area contributed by atoms with E-state index in [1.54, 1.807) is 36.4 Å². The molecule has 2 heterocycles. The summed E-state index contributed by atoms with van der Waals surface area (Å²) < 4.78 is 31.3. The zero-order valence-corrected chi connectivity index (χ0v) is 17.8. The van der Waals surface area contributed by atoms with Crippen LogP contribution in [0.2, 0.25) is 0 Å². The summed E-state index contributed by atoms with van der Waals surface area (Å²) in [5.41, 5.74) is 2.12. The minimum atomic E-state index is -3.54. The van der Waals surface area contributed by atoms with Crippen molar-refractivity contribution in [3.05, 3.63) is 71.9 Å².